The minimum absolute atomic E-state index is 0.0115. The predicted molar refractivity (Wildman–Crippen MR) is 43.5 cm³/mol. The molecule has 0 aliphatic carbocycles. The zero-order valence-electron chi connectivity index (χ0n) is 7.21. The van der Waals surface area contributed by atoms with Crippen molar-refractivity contribution < 1.29 is 9.84 Å². The van der Waals surface area contributed by atoms with Gasteiger partial charge in [0.25, 0.3) is 0 Å². The molecule has 0 aromatic heterocycles. The molecule has 2 N–H and O–H groups in total. The average molecular weight is 159 g/mol. The Labute approximate surface area is 67.7 Å². The maximum atomic E-state index is 9.31. The molecule has 0 saturated carbocycles. The molecule has 66 valence electrons. The summed E-state index contributed by atoms with van der Waals surface area (Å²) in [5.41, 5.74) is 0. The largest absolute Gasteiger partial charge is 0.389 e. The van der Waals surface area contributed by atoms with Crippen molar-refractivity contribution in [3.8, 4) is 0 Å². The summed E-state index contributed by atoms with van der Waals surface area (Å²) in [7, 11) is 0. The third-order valence-electron chi connectivity index (χ3n) is 1.77. The summed E-state index contributed by atoms with van der Waals surface area (Å²) in [6.07, 6.45) is -0.300. The predicted octanol–water partition coefficient (Wildman–Crippen LogP) is -0.00830. The molecule has 3 nitrogen and oxygen atoms in total. The van der Waals surface area contributed by atoms with Crippen molar-refractivity contribution in [2.75, 3.05) is 19.7 Å². The van der Waals surface area contributed by atoms with Gasteiger partial charge in [-0.15, -0.1) is 0 Å². The van der Waals surface area contributed by atoms with Crippen molar-refractivity contribution >= 4 is 0 Å². The van der Waals surface area contributed by atoms with Crippen LogP contribution in [0.1, 0.15) is 13.8 Å². The number of hydrogen-bond acceptors (Lipinski definition) is 3. The van der Waals surface area contributed by atoms with E-state index in [4.69, 9.17) is 4.74 Å². The van der Waals surface area contributed by atoms with Gasteiger partial charge in [0, 0.05) is 19.7 Å². The first-order valence-corrected chi connectivity index (χ1v) is 4.20. The summed E-state index contributed by atoms with van der Waals surface area (Å²) >= 11 is 0. The normalized spacial score (nSPS) is 31.6. The van der Waals surface area contributed by atoms with Crippen molar-refractivity contribution in [1.29, 1.82) is 0 Å². The van der Waals surface area contributed by atoms with Gasteiger partial charge in [-0.1, -0.05) is 13.8 Å². The van der Waals surface area contributed by atoms with Crippen molar-refractivity contribution in [1.82, 2.24) is 5.32 Å². The first-order valence-electron chi connectivity index (χ1n) is 4.20. The molecule has 0 aromatic rings. The summed E-state index contributed by atoms with van der Waals surface area (Å²) in [6.45, 7) is 6.41. The van der Waals surface area contributed by atoms with Gasteiger partial charge in [-0.2, -0.15) is 0 Å². The highest BCUT2D eigenvalue weighted by atomic mass is 16.5. The molecule has 1 fully saturated rings. The Morgan fingerprint density at radius 3 is 2.73 bits per heavy atom. The number of ether oxygens (including phenoxy) is 1. The lowest BCUT2D eigenvalue weighted by molar-refractivity contribution is -0.0182. The molecule has 0 aromatic carbocycles. The van der Waals surface area contributed by atoms with E-state index in [0.717, 1.165) is 13.2 Å². The Bertz CT molecular complexity index is 117. The minimum Gasteiger partial charge on any atom is -0.389 e. The summed E-state index contributed by atoms with van der Waals surface area (Å²) in [4.78, 5) is 0. The number of β-amino-alcohol motifs (C(OH)–C–C–N with tert-alkyl or cyclic N) is 1. The van der Waals surface area contributed by atoms with Crippen LogP contribution in [0, 0.1) is 5.92 Å². The van der Waals surface area contributed by atoms with E-state index in [-0.39, 0.29) is 12.2 Å². The van der Waals surface area contributed by atoms with Gasteiger partial charge in [0.1, 0.15) is 0 Å². The zero-order valence-corrected chi connectivity index (χ0v) is 7.21. The highest BCUT2D eigenvalue weighted by Crippen LogP contribution is 2.06. The van der Waals surface area contributed by atoms with Crippen LogP contribution in [-0.2, 0) is 4.74 Å². The molecule has 0 bridgehead atoms. The lowest BCUT2D eigenvalue weighted by Crippen LogP contribution is -2.28. The van der Waals surface area contributed by atoms with E-state index in [0.29, 0.717) is 12.5 Å². The highest BCUT2D eigenvalue weighted by Gasteiger charge is 2.25. The van der Waals surface area contributed by atoms with Gasteiger partial charge in [0.05, 0.1) is 12.2 Å². The topological polar surface area (TPSA) is 41.5 Å². The van der Waals surface area contributed by atoms with Gasteiger partial charge in [0.15, 0.2) is 0 Å². The third kappa shape index (κ3) is 2.77. The van der Waals surface area contributed by atoms with Gasteiger partial charge in [-0.3, -0.25) is 0 Å². The fraction of sp³-hybridized carbons (Fsp3) is 1.00. The average Bonchev–Trinajstić information content (AvgIpc) is 2.31. The van der Waals surface area contributed by atoms with Gasteiger partial charge >= 0.3 is 0 Å². The molecule has 3 heteroatoms. The fourth-order valence-corrected chi connectivity index (χ4v) is 1.13. The molecule has 0 radical (unpaired) electrons. The smallest absolute Gasteiger partial charge is 0.0970 e. The Morgan fingerprint density at radius 1 is 1.55 bits per heavy atom. The molecule has 11 heavy (non-hydrogen) atoms. The molecule has 1 aliphatic rings. The molecule has 0 spiro atoms. The monoisotopic (exact) mass is 159 g/mol. The Morgan fingerprint density at radius 2 is 2.27 bits per heavy atom. The van der Waals surface area contributed by atoms with E-state index in [1.165, 1.54) is 0 Å². The van der Waals surface area contributed by atoms with Crippen LogP contribution in [0.4, 0.5) is 0 Å². The molecule has 1 heterocycles. The Balaban J connectivity index is 2.15. The molecule has 0 amide bonds. The SMILES string of the molecule is CC(C)CO[C@@H]1CNC[C@H]1O. The summed E-state index contributed by atoms with van der Waals surface area (Å²) in [5.74, 6) is 0.544. The van der Waals surface area contributed by atoms with Crippen LogP contribution in [-0.4, -0.2) is 37.0 Å². The van der Waals surface area contributed by atoms with E-state index in [1.807, 2.05) is 0 Å². The molecular formula is C8H17NO2. The summed E-state index contributed by atoms with van der Waals surface area (Å²) < 4.78 is 5.46. The zero-order chi connectivity index (χ0) is 8.27. The number of aliphatic hydroxyl groups excluding tert-OH is 1. The minimum atomic E-state index is -0.311. The van der Waals surface area contributed by atoms with E-state index >= 15 is 0 Å². The second kappa shape index (κ2) is 4.04. The van der Waals surface area contributed by atoms with E-state index in [9.17, 15) is 5.11 Å². The maximum absolute atomic E-state index is 9.31. The van der Waals surface area contributed by atoms with E-state index in [1.54, 1.807) is 0 Å². The second-order valence-electron chi connectivity index (χ2n) is 3.49. The third-order valence-corrected chi connectivity index (χ3v) is 1.77. The fourth-order valence-electron chi connectivity index (χ4n) is 1.13. The highest BCUT2D eigenvalue weighted by molar-refractivity contribution is 4.81. The van der Waals surface area contributed by atoms with Crippen LogP contribution < -0.4 is 5.32 Å². The summed E-state index contributed by atoms with van der Waals surface area (Å²) in [6, 6.07) is 0. The van der Waals surface area contributed by atoms with Crippen LogP contribution in [0.2, 0.25) is 0 Å². The van der Waals surface area contributed by atoms with Crippen molar-refractivity contribution in [3.63, 3.8) is 0 Å². The molecule has 0 unspecified atom stereocenters. The Kier molecular flexibility index (Phi) is 3.30. The van der Waals surface area contributed by atoms with Crippen LogP contribution >= 0.6 is 0 Å². The second-order valence-corrected chi connectivity index (χ2v) is 3.49. The van der Waals surface area contributed by atoms with Crippen molar-refractivity contribution in [2.24, 2.45) is 5.92 Å². The van der Waals surface area contributed by atoms with Crippen LogP contribution in [0.15, 0.2) is 0 Å². The standard InChI is InChI=1S/C8H17NO2/c1-6(2)5-11-8-4-9-3-7(8)10/h6-10H,3-5H2,1-2H3/t7-,8-/m1/s1. The molecular weight excluding hydrogens is 142 g/mol. The molecule has 1 rings (SSSR count). The van der Waals surface area contributed by atoms with E-state index in [2.05, 4.69) is 19.2 Å². The van der Waals surface area contributed by atoms with Crippen LogP contribution in [0.25, 0.3) is 0 Å². The van der Waals surface area contributed by atoms with Gasteiger partial charge in [0.2, 0.25) is 0 Å². The van der Waals surface area contributed by atoms with Gasteiger partial charge < -0.3 is 15.2 Å². The first kappa shape index (κ1) is 8.97. The molecule has 1 saturated heterocycles. The number of hydrogen-bond donors (Lipinski definition) is 2. The molecule has 2 atom stereocenters. The van der Waals surface area contributed by atoms with Crippen molar-refractivity contribution in [2.45, 2.75) is 26.1 Å². The van der Waals surface area contributed by atoms with Crippen LogP contribution in [0.5, 0.6) is 0 Å². The van der Waals surface area contributed by atoms with Crippen molar-refractivity contribution in [3.05, 3.63) is 0 Å². The van der Waals surface area contributed by atoms with E-state index < -0.39 is 0 Å². The number of rotatable bonds is 3. The van der Waals surface area contributed by atoms with Gasteiger partial charge in [-0.05, 0) is 5.92 Å². The van der Waals surface area contributed by atoms with Crippen LogP contribution in [0.3, 0.4) is 0 Å². The summed E-state index contributed by atoms with van der Waals surface area (Å²) in [5, 5.41) is 12.4. The molecule has 1 aliphatic heterocycles. The number of nitrogens with one attached hydrogen (secondary N) is 1. The number of aliphatic hydroxyl groups is 1. The van der Waals surface area contributed by atoms with Gasteiger partial charge in [-0.25, -0.2) is 0 Å². The Hall–Kier alpha value is -0.120. The lowest BCUT2D eigenvalue weighted by atomic mass is 10.2. The first-order chi connectivity index (χ1) is 5.20. The maximum Gasteiger partial charge on any atom is 0.0970 e. The quantitative estimate of drug-likeness (QED) is 0.608. The lowest BCUT2D eigenvalue weighted by Gasteiger charge is -2.15.